The molecule has 0 aromatic carbocycles. The molecule has 1 saturated carbocycles. The number of ether oxygens (including phenoxy) is 1. The van der Waals surface area contributed by atoms with Crippen molar-refractivity contribution in [1.29, 1.82) is 0 Å². The molecule has 6 heteroatoms. The fourth-order valence-corrected chi connectivity index (χ4v) is 4.96. The molecule has 1 aromatic heterocycles. The van der Waals surface area contributed by atoms with E-state index in [-0.39, 0.29) is 24.0 Å². The molecule has 0 bridgehead atoms. The van der Waals surface area contributed by atoms with E-state index >= 15 is 0 Å². The molecule has 1 aliphatic carbocycles. The van der Waals surface area contributed by atoms with Crippen molar-refractivity contribution in [2.45, 2.75) is 77.4 Å². The van der Waals surface area contributed by atoms with Crippen LogP contribution in [0.4, 0.5) is 5.00 Å². The summed E-state index contributed by atoms with van der Waals surface area (Å²) in [6.07, 6.45) is 7.77. The number of amides is 2. The fourth-order valence-electron chi connectivity index (χ4n) is 3.81. The quantitative estimate of drug-likeness (QED) is 0.835. The first kappa shape index (κ1) is 18.4. The molecule has 0 spiro atoms. The largest absolute Gasteiger partial charge is 0.368 e. The third-order valence-electron chi connectivity index (χ3n) is 5.19. The zero-order chi connectivity index (χ0) is 17.8. The Hall–Kier alpha value is -1.40. The zero-order valence-corrected chi connectivity index (χ0v) is 16.0. The van der Waals surface area contributed by atoms with Crippen molar-refractivity contribution in [3.05, 3.63) is 16.0 Å². The van der Waals surface area contributed by atoms with Crippen molar-refractivity contribution < 1.29 is 14.3 Å². The van der Waals surface area contributed by atoms with Crippen LogP contribution in [0.2, 0.25) is 0 Å². The smallest absolute Gasteiger partial charge is 0.254 e. The van der Waals surface area contributed by atoms with Crippen LogP contribution in [0.5, 0.6) is 0 Å². The number of thiophene rings is 1. The third-order valence-corrected chi connectivity index (χ3v) is 6.25. The minimum Gasteiger partial charge on any atom is -0.368 e. The molecule has 2 aliphatic rings. The third kappa shape index (κ3) is 4.23. The van der Waals surface area contributed by atoms with Gasteiger partial charge in [0.25, 0.3) is 11.8 Å². The molecule has 2 heterocycles. The molecule has 138 valence electrons. The molecule has 1 saturated heterocycles. The van der Waals surface area contributed by atoms with Crippen molar-refractivity contribution in [2.75, 3.05) is 11.9 Å². The second kappa shape index (κ2) is 8.32. The Kier molecular flexibility index (Phi) is 6.12. The first-order chi connectivity index (χ1) is 12.1. The monoisotopic (exact) mass is 364 g/mol. The molecule has 1 atom stereocenters. The predicted octanol–water partition coefficient (Wildman–Crippen LogP) is 3.80. The number of hydrogen-bond donors (Lipinski definition) is 2. The van der Waals surface area contributed by atoms with E-state index in [9.17, 15) is 9.59 Å². The lowest BCUT2D eigenvalue weighted by atomic mass is 9.95. The van der Waals surface area contributed by atoms with E-state index in [1.54, 1.807) is 0 Å². The Morgan fingerprint density at radius 1 is 1.16 bits per heavy atom. The van der Waals surface area contributed by atoms with Crippen LogP contribution < -0.4 is 10.6 Å². The summed E-state index contributed by atoms with van der Waals surface area (Å²) in [5.41, 5.74) is 1.70. The van der Waals surface area contributed by atoms with Gasteiger partial charge in [-0.3, -0.25) is 9.59 Å². The molecule has 3 rings (SSSR count). The van der Waals surface area contributed by atoms with E-state index in [4.69, 9.17) is 4.74 Å². The van der Waals surface area contributed by atoms with Crippen LogP contribution >= 0.6 is 11.3 Å². The highest BCUT2D eigenvalue weighted by atomic mass is 32.1. The van der Waals surface area contributed by atoms with Crippen LogP contribution in [-0.4, -0.2) is 30.6 Å². The molecule has 5 nitrogen and oxygen atoms in total. The van der Waals surface area contributed by atoms with Gasteiger partial charge in [-0.1, -0.05) is 26.2 Å². The number of nitrogens with one attached hydrogen (secondary N) is 2. The average molecular weight is 365 g/mol. The Labute approximate surface area is 153 Å². The summed E-state index contributed by atoms with van der Waals surface area (Å²) in [7, 11) is 0. The lowest BCUT2D eigenvalue weighted by Crippen LogP contribution is -2.37. The van der Waals surface area contributed by atoms with Gasteiger partial charge < -0.3 is 15.4 Å². The van der Waals surface area contributed by atoms with Crippen LogP contribution in [0.25, 0.3) is 0 Å². The van der Waals surface area contributed by atoms with Crippen LogP contribution in [-0.2, 0) is 16.0 Å². The van der Waals surface area contributed by atoms with Crippen molar-refractivity contribution >= 4 is 28.2 Å². The topological polar surface area (TPSA) is 67.4 Å². The van der Waals surface area contributed by atoms with Crippen molar-refractivity contribution in [3.8, 4) is 0 Å². The Morgan fingerprint density at radius 3 is 2.56 bits per heavy atom. The Morgan fingerprint density at radius 2 is 1.92 bits per heavy atom. The summed E-state index contributed by atoms with van der Waals surface area (Å²) in [5.74, 6) is -0.177. The van der Waals surface area contributed by atoms with Gasteiger partial charge in [0.05, 0.1) is 5.56 Å². The van der Waals surface area contributed by atoms with Crippen LogP contribution in [0.3, 0.4) is 0 Å². The predicted molar refractivity (Wildman–Crippen MR) is 100 cm³/mol. The minimum atomic E-state index is -0.387. The number of anilines is 1. The van der Waals surface area contributed by atoms with Crippen molar-refractivity contribution in [1.82, 2.24) is 5.32 Å². The SMILES string of the molecule is CCc1c(C)sc(NC(=O)[C@H]2CCCO2)c1C(=O)NC1CCCCC1. The molecule has 2 fully saturated rings. The summed E-state index contributed by atoms with van der Waals surface area (Å²) >= 11 is 1.49. The van der Waals surface area contributed by atoms with Gasteiger partial charge in [0.1, 0.15) is 11.1 Å². The van der Waals surface area contributed by atoms with Crippen LogP contribution in [0.1, 0.15) is 72.7 Å². The van der Waals surface area contributed by atoms with E-state index in [2.05, 4.69) is 17.6 Å². The molecular weight excluding hydrogens is 336 g/mol. The molecule has 1 aliphatic heterocycles. The van der Waals surface area contributed by atoms with Crippen LogP contribution in [0.15, 0.2) is 0 Å². The highest BCUT2D eigenvalue weighted by Crippen LogP contribution is 2.34. The minimum absolute atomic E-state index is 0.0456. The second-order valence-electron chi connectivity index (χ2n) is 6.99. The first-order valence-corrected chi connectivity index (χ1v) is 10.3. The highest BCUT2D eigenvalue weighted by Gasteiger charge is 2.28. The molecule has 0 radical (unpaired) electrons. The summed E-state index contributed by atoms with van der Waals surface area (Å²) in [5, 5.41) is 6.82. The number of rotatable bonds is 5. The molecule has 0 unspecified atom stereocenters. The van der Waals surface area contributed by atoms with Gasteiger partial charge in [0, 0.05) is 17.5 Å². The maximum absolute atomic E-state index is 12.9. The lowest BCUT2D eigenvalue weighted by molar-refractivity contribution is -0.124. The van der Waals surface area contributed by atoms with Crippen molar-refractivity contribution in [3.63, 3.8) is 0 Å². The van der Waals surface area contributed by atoms with Gasteiger partial charge in [-0.2, -0.15) is 0 Å². The number of carbonyl (C=O) groups is 2. The van der Waals surface area contributed by atoms with Gasteiger partial charge in [0.15, 0.2) is 0 Å². The lowest BCUT2D eigenvalue weighted by Gasteiger charge is -2.23. The van der Waals surface area contributed by atoms with E-state index in [0.717, 1.165) is 42.5 Å². The number of hydrogen-bond acceptors (Lipinski definition) is 4. The van der Waals surface area contributed by atoms with Gasteiger partial charge in [-0.15, -0.1) is 11.3 Å². The maximum atomic E-state index is 12.9. The first-order valence-electron chi connectivity index (χ1n) is 9.45. The van der Waals surface area contributed by atoms with Crippen molar-refractivity contribution in [2.24, 2.45) is 0 Å². The maximum Gasteiger partial charge on any atom is 0.254 e. The van der Waals surface area contributed by atoms with Gasteiger partial charge in [-0.25, -0.2) is 0 Å². The molecular formula is C19H28N2O3S. The molecule has 2 amide bonds. The number of carbonyl (C=O) groups excluding carboxylic acids is 2. The Balaban J connectivity index is 1.78. The normalized spacial score (nSPS) is 21.3. The summed E-state index contributed by atoms with van der Waals surface area (Å²) in [6, 6.07) is 0.257. The van der Waals surface area contributed by atoms with Crippen LogP contribution in [0, 0.1) is 6.92 Å². The zero-order valence-electron chi connectivity index (χ0n) is 15.2. The van der Waals surface area contributed by atoms with E-state index in [0.29, 0.717) is 17.2 Å². The Bertz CT molecular complexity index is 629. The molecule has 2 N–H and O–H groups in total. The van der Waals surface area contributed by atoms with Gasteiger partial charge >= 0.3 is 0 Å². The summed E-state index contributed by atoms with van der Waals surface area (Å²) in [6.45, 7) is 4.71. The van der Waals surface area contributed by atoms with E-state index in [1.165, 1.54) is 30.6 Å². The molecule has 1 aromatic rings. The average Bonchev–Trinajstić information content (AvgIpc) is 3.23. The summed E-state index contributed by atoms with van der Waals surface area (Å²) in [4.78, 5) is 26.5. The highest BCUT2D eigenvalue weighted by molar-refractivity contribution is 7.16. The van der Waals surface area contributed by atoms with Gasteiger partial charge in [0.2, 0.25) is 0 Å². The van der Waals surface area contributed by atoms with Gasteiger partial charge in [-0.05, 0) is 44.6 Å². The van der Waals surface area contributed by atoms with E-state index in [1.807, 2.05) is 6.92 Å². The molecule has 25 heavy (non-hydrogen) atoms. The summed E-state index contributed by atoms with van der Waals surface area (Å²) < 4.78 is 5.46. The number of aryl methyl sites for hydroxylation is 1. The standard InChI is InChI=1S/C19H28N2O3S/c1-3-14-12(2)25-19(21-17(22)15-10-7-11-24-15)16(14)18(23)20-13-8-5-4-6-9-13/h13,15H,3-11H2,1-2H3,(H,20,23)(H,21,22)/t15-/m1/s1. The van der Waals surface area contributed by atoms with E-state index < -0.39 is 0 Å². The second-order valence-corrected chi connectivity index (χ2v) is 8.22. The fraction of sp³-hybridized carbons (Fsp3) is 0.684.